The molecule has 3 nitrogen and oxygen atoms in total. The van der Waals surface area contributed by atoms with E-state index in [1.165, 1.54) is 11.1 Å². The van der Waals surface area contributed by atoms with Crippen molar-refractivity contribution in [3.05, 3.63) is 71.8 Å². The van der Waals surface area contributed by atoms with Gasteiger partial charge in [0.15, 0.2) is 0 Å². The number of amides is 2. The average Bonchev–Trinajstić information content (AvgIpc) is 2.60. The normalized spacial score (nSPS) is 10.3. The average molecular weight is 310 g/mol. The van der Waals surface area contributed by atoms with E-state index in [9.17, 15) is 4.79 Å². The zero-order valence-corrected chi connectivity index (χ0v) is 13.6. The smallest absolute Gasteiger partial charge is 0.314 e. The fraction of sp³-hybridized carbons (Fsp3) is 0.350. The highest BCUT2D eigenvalue weighted by Gasteiger charge is 1.99. The Morgan fingerprint density at radius 1 is 0.652 bits per heavy atom. The number of nitrogens with one attached hydrogen (secondary N) is 2. The van der Waals surface area contributed by atoms with E-state index < -0.39 is 0 Å². The zero-order chi connectivity index (χ0) is 16.2. The van der Waals surface area contributed by atoms with E-state index in [4.69, 9.17) is 0 Å². The molecule has 0 aliphatic heterocycles. The summed E-state index contributed by atoms with van der Waals surface area (Å²) in [6.07, 6.45) is 5.13. The Labute approximate surface area is 139 Å². The number of carbonyl (C=O) groups is 1. The van der Waals surface area contributed by atoms with Gasteiger partial charge in [0.2, 0.25) is 0 Å². The Hall–Kier alpha value is -2.29. The third kappa shape index (κ3) is 7.50. The van der Waals surface area contributed by atoms with Gasteiger partial charge in [-0.3, -0.25) is 0 Å². The summed E-state index contributed by atoms with van der Waals surface area (Å²) in [5, 5.41) is 5.83. The van der Waals surface area contributed by atoms with E-state index in [1.54, 1.807) is 0 Å². The SMILES string of the molecule is O=C(NCCCCc1ccccc1)NCCCc1ccccc1. The van der Waals surface area contributed by atoms with Gasteiger partial charge in [-0.15, -0.1) is 0 Å². The van der Waals surface area contributed by atoms with Crippen LogP contribution < -0.4 is 10.6 Å². The van der Waals surface area contributed by atoms with Gasteiger partial charge in [-0.1, -0.05) is 60.7 Å². The molecule has 2 N–H and O–H groups in total. The van der Waals surface area contributed by atoms with Gasteiger partial charge in [0.05, 0.1) is 0 Å². The van der Waals surface area contributed by atoms with Crippen LogP contribution in [0.5, 0.6) is 0 Å². The van der Waals surface area contributed by atoms with Crippen molar-refractivity contribution in [2.75, 3.05) is 13.1 Å². The van der Waals surface area contributed by atoms with Crippen LogP contribution in [0.3, 0.4) is 0 Å². The van der Waals surface area contributed by atoms with Crippen molar-refractivity contribution in [1.29, 1.82) is 0 Å². The Bertz CT molecular complexity index is 554. The predicted octanol–water partition coefficient (Wildman–Crippen LogP) is 3.94. The van der Waals surface area contributed by atoms with Crippen molar-refractivity contribution in [2.24, 2.45) is 0 Å². The largest absolute Gasteiger partial charge is 0.338 e. The van der Waals surface area contributed by atoms with Gasteiger partial charge in [0.25, 0.3) is 0 Å². The Morgan fingerprint density at radius 3 is 1.70 bits per heavy atom. The minimum absolute atomic E-state index is 0.0576. The summed E-state index contributed by atoms with van der Waals surface area (Å²) in [5.74, 6) is 0. The van der Waals surface area contributed by atoms with E-state index >= 15 is 0 Å². The molecule has 0 radical (unpaired) electrons. The molecule has 0 fully saturated rings. The highest BCUT2D eigenvalue weighted by Crippen LogP contribution is 2.04. The first kappa shape index (κ1) is 17.1. The van der Waals surface area contributed by atoms with Gasteiger partial charge in [-0.2, -0.15) is 0 Å². The van der Waals surface area contributed by atoms with E-state index in [-0.39, 0.29) is 6.03 Å². The van der Waals surface area contributed by atoms with Crippen LogP contribution in [0, 0.1) is 0 Å². The number of urea groups is 1. The lowest BCUT2D eigenvalue weighted by Crippen LogP contribution is -2.36. The first-order valence-electron chi connectivity index (χ1n) is 8.44. The van der Waals surface area contributed by atoms with Gasteiger partial charge < -0.3 is 10.6 Å². The van der Waals surface area contributed by atoms with Crippen LogP contribution in [0.2, 0.25) is 0 Å². The van der Waals surface area contributed by atoms with Crippen LogP contribution in [0.4, 0.5) is 4.79 Å². The number of hydrogen-bond acceptors (Lipinski definition) is 1. The van der Waals surface area contributed by atoms with Gasteiger partial charge in [-0.25, -0.2) is 4.79 Å². The number of hydrogen-bond donors (Lipinski definition) is 2. The fourth-order valence-electron chi connectivity index (χ4n) is 2.50. The summed E-state index contributed by atoms with van der Waals surface area (Å²) in [6.45, 7) is 1.45. The summed E-state index contributed by atoms with van der Waals surface area (Å²) >= 11 is 0. The maximum absolute atomic E-state index is 11.7. The molecule has 0 saturated heterocycles. The third-order valence-electron chi connectivity index (χ3n) is 3.79. The van der Waals surface area contributed by atoms with Crippen molar-refractivity contribution in [3.63, 3.8) is 0 Å². The molecule has 122 valence electrons. The molecule has 0 aromatic heterocycles. The maximum Gasteiger partial charge on any atom is 0.314 e. The second-order valence-corrected chi connectivity index (χ2v) is 5.71. The molecule has 0 heterocycles. The summed E-state index contributed by atoms with van der Waals surface area (Å²) < 4.78 is 0. The van der Waals surface area contributed by atoms with Crippen molar-refractivity contribution in [2.45, 2.75) is 32.1 Å². The molecule has 2 aromatic carbocycles. The molecule has 0 unspecified atom stereocenters. The molecule has 0 bridgehead atoms. The lowest BCUT2D eigenvalue weighted by Gasteiger charge is -2.08. The van der Waals surface area contributed by atoms with Crippen LogP contribution in [-0.4, -0.2) is 19.1 Å². The Kier molecular flexibility index (Phi) is 7.75. The standard InChI is InChI=1S/C20H26N2O/c23-20(22-17-9-15-19-12-5-2-6-13-19)21-16-8-7-14-18-10-3-1-4-11-18/h1-6,10-13H,7-9,14-17H2,(H2,21,22,23). The second-order valence-electron chi connectivity index (χ2n) is 5.71. The minimum atomic E-state index is -0.0576. The highest BCUT2D eigenvalue weighted by molar-refractivity contribution is 5.73. The Balaban J connectivity index is 1.45. The predicted molar refractivity (Wildman–Crippen MR) is 95.5 cm³/mol. The molecule has 3 heteroatoms. The number of aryl methyl sites for hydroxylation is 2. The molecule has 2 aromatic rings. The van der Waals surface area contributed by atoms with Crippen molar-refractivity contribution < 1.29 is 4.79 Å². The minimum Gasteiger partial charge on any atom is -0.338 e. The highest BCUT2D eigenvalue weighted by atomic mass is 16.2. The van der Waals surface area contributed by atoms with Crippen LogP contribution in [0.1, 0.15) is 30.4 Å². The first-order valence-corrected chi connectivity index (χ1v) is 8.44. The number of carbonyl (C=O) groups excluding carboxylic acids is 1. The Morgan fingerprint density at radius 2 is 1.13 bits per heavy atom. The lowest BCUT2D eigenvalue weighted by atomic mass is 10.1. The molecule has 2 rings (SSSR count). The van der Waals surface area contributed by atoms with Crippen LogP contribution in [0.15, 0.2) is 60.7 Å². The quantitative estimate of drug-likeness (QED) is 0.677. The third-order valence-corrected chi connectivity index (χ3v) is 3.79. The number of unbranched alkanes of at least 4 members (excludes halogenated alkanes) is 1. The monoisotopic (exact) mass is 310 g/mol. The fourth-order valence-corrected chi connectivity index (χ4v) is 2.50. The lowest BCUT2D eigenvalue weighted by molar-refractivity contribution is 0.240. The molecule has 2 amide bonds. The van der Waals surface area contributed by atoms with Crippen LogP contribution in [0.25, 0.3) is 0 Å². The summed E-state index contributed by atoms with van der Waals surface area (Å²) in [7, 11) is 0. The van der Waals surface area contributed by atoms with E-state index in [1.807, 2.05) is 24.3 Å². The van der Waals surface area contributed by atoms with E-state index in [0.717, 1.165) is 38.6 Å². The number of benzene rings is 2. The van der Waals surface area contributed by atoms with Gasteiger partial charge >= 0.3 is 6.03 Å². The topological polar surface area (TPSA) is 41.1 Å². The molecular formula is C20H26N2O. The maximum atomic E-state index is 11.7. The van der Waals surface area contributed by atoms with Gasteiger partial charge in [0, 0.05) is 13.1 Å². The first-order chi connectivity index (χ1) is 11.3. The molecule has 0 aliphatic rings. The van der Waals surface area contributed by atoms with Crippen LogP contribution in [-0.2, 0) is 12.8 Å². The van der Waals surface area contributed by atoms with Gasteiger partial charge in [-0.05, 0) is 43.2 Å². The van der Waals surface area contributed by atoms with E-state index in [0.29, 0.717) is 6.54 Å². The van der Waals surface area contributed by atoms with Crippen molar-refractivity contribution >= 4 is 6.03 Å². The zero-order valence-electron chi connectivity index (χ0n) is 13.6. The summed E-state index contributed by atoms with van der Waals surface area (Å²) in [5.41, 5.74) is 2.67. The second kappa shape index (κ2) is 10.4. The summed E-state index contributed by atoms with van der Waals surface area (Å²) in [6, 6.07) is 20.8. The number of rotatable bonds is 9. The molecular weight excluding hydrogens is 284 g/mol. The molecule has 0 spiro atoms. The molecule has 0 saturated carbocycles. The van der Waals surface area contributed by atoms with Gasteiger partial charge in [0.1, 0.15) is 0 Å². The van der Waals surface area contributed by atoms with Crippen molar-refractivity contribution in [3.8, 4) is 0 Å². The summed E-state index contributed by atoms with van der Waals surface area (Å²) in [4.78, 5) is 11.7. The van der Waals surface area contributed by atoms with Crippen LogP contribution >= 0.6 is 0 Å². The molecule has 0 atom stereocenters. The van der Waals surface area contributed by atoms with Crippen molar-refractivity contribution in [1.82, 2.24) is 10.6 Å². The molecule has 23 heavy (non-hydrogen) atoms. The van der Waals surface area contributed by atoms with E-state index in [2.05, 4.69) is 47.0 Å². The molecule has 0 aliphatic carbocycles.